The lowest BCUT2D eigenvalue weighted by Gasteiger charge is -2.06. The third-order valence-corrected chi connectivity index (χ3v) is 2.76. The van der Waals surface area contributed by atoms with Crippen molar-refractivity contribution in [3.63, 3.8) is 0 Å². The molecule has 0 aliphatic rings. The number of unbranched alkanes of at least 4 members (excludes halogenated alkanes) is 1. The third kappa shape index (κ3) is 8.26. The van der Waals surface area contributed by atoms with E-state index < -0.39 is 12.0 Å². The van der Waals surface area contributed by atoms with E-state index in [1.807, 2.05) is 6.92 Å². The number of hydrogen-bond acceptors (Lipinski definition) is 4. The average molecular weight is 234 g/mol. The van der Waals surface area contributed by atoms with Crippen LogP contribution in [-0.4, -0.2) is 41.1 Å². The van der Waals surface area contributed by atoms with Gasteiger partial charge >= 0.3 is 5.97 Å². The van der Waals surface area contributed by atoms with E-state index in [4.69, 9.17) is 10.8 Å². The van der Waals surface area contributed by atoms with E-state index in [-0.39, 0.29) is 17.4 Å². The maximum atomic E-state index is 11.1. The predicted molar refractivity (Wildman–Crippen MR) is 60.9 cm³/mol. The molecule has 1 amide bonds. The van der Waals surface area contributed by atoms with E-state index in [1.165, 1.54) is 11.8 Å². The first kappa shape index (κ1) is 14.2. The highest BCUT2D eigenvalue weighted by Gasteiger charge is 2.11. The van der Waals surface area contributed by atoms with Crippen LogP contribution in [-0.2, 0) is 9.59 Å². The summed E-state index contributed by atoms with van der Waals surface area (Å²) < 4.78 is 0. The van der Waals surface area contributed by atoms with Gasteiger partial charge in [0.15, 0.2) is 0 Å². The molecular weight excluding hydrogens is 216 g/mol. The quantitative estimate of drug-likeness (QED) is 0.516. The first-order chi connectivity index (χ1) is 7.07. The van der Waals surface area contributed by atoms with Gasteiger partial charge in [-0.25, -0.2) is 0 Å². The fourth-order valence-electron chi connectivity index (χ4n) is 0.805. The molecule has 0 aromatic rings. The maximum absolute atomic E-state index is 11.1. The molecular formula is C9H18N2O3S. The molecule has 0 aliphatic heterocycles. The van der Waals surface area contributed by atoms with Gasteiger partial charge in [-0.3, -0.25) is 9.59 Å². The molecule has 0 spiro atoms. The van der Waals surface area contributed by atoms with E-state index in [0.717, 1.165) is 12.8 Å². The summed E-state index contributed by atoms with van der Waals surface area (Å²) in [6.07, 6.45) is 2.00. The number of thioether (sulfide) groups is 1. The number of carbonyl (C=O) groups excluding carboxylic acids is 1. The topological polar surface area (TPSA) is 92.4 Å². The molecule has 0 radical (unpaired) electrons. The van der Waals surface area contributed by atoms with E-state index >= 15 is 0 Å². The Balaban J connectivity index is 3.42. The Bertz CT molecular complexity index is 212. The fraction of sp³-hybridized carbons (Fsp3) is 0.778. The van der Waals surface area contributed by atoms with Gasteiger partial charge in [0, 0.05) is 12.3 Å². The van der Waals surface area contributed by atoms with Crippen molar-refractivity contribution in [2.24, 2.45) is 5.73 Å². The Morgan fingerprint density at radius 3 is 2.73 bits per heavy atom. The van der Waals surface area contributed by atoms with Gasteiger partial charge in [0.25, 0.3) is 0 Å². The lowest BCUT2D eigenvalue weighted by molar-refractivity contribution is -0.138. The van der Waals surface area contributed by atoms with Gasteiger partial charge in [0.2, 0.25) is 5.91 Å². The highest BCUT2D eigenvalue weighted by atomic mass is 32.2. The summed E-state index contributed by atoms with van der Waals surface area (Å²) in [5.41, 5.74) is 5.27. The molecule has 15 heavy (non-hydrogen) atoms. The van der Waals surface area contributed by atoms with Crippen LogP contribution in [0.15, 0.2) is 0 Å². The van der Waals surface area contributed by atoms with Crippen molar-refractivity contribution in [3.05, 3.63) is 0 Å². The zero-order valence-electron chi connectivity index (χ0n) is 8.86. The van der Waals surface area contributed by atoms with Gasteiger partial charge in [-0.05, 0) is 6.42 Å². The van der Waals surface area contributed by atoms with Gasteiger partial charge in [-0.1, -0.05) is 13.3 Å². The van der Waals surface area contributed by atoms with Crippen LogP contribution in [0.3, 0.4) is 0 Å². The van der Waals surface area contributed by atoms with E-state index in [0.29, 0.717) is 6.54 Å². The summed E-state index contributed by atoms with van der Waals surface area (Å²) in [5, 5.41) is 11.2. The van der Waals surface area contributed by atoms with Crippen molar-refractivity contribution in [3.8, 4) is 0 Å². The van der Waals surface area contributed by atoms with Crippen molar-refractivity contribution in [1.82, 2.24) is 5.32 Å². The molecule has 88 valence electrons. The summed E-state index contributed by atoms with van der Waals surface area (Å²) in [7, 11) is 0. The second kappa shape index (κ2) is 8.55. The number of carboxylic acids is 1. The highest BCUT2D eigenvalue weighted by molar-refractivity contribution is 8.00. The second-order valence-electron chi connectivity index (χ2n) is 3.16. The molecule has 6 heteroatoms. The predicted octanol–water partition coefficient (Wildman–Crippen LogP) is 0.0478. The van der Waals surface area contributed by atoms with Crippen LogP contribution in [0.5, 0.6) is 0 Å². The van der Waals surface area contributed by atoms with Gasteiger partial charge in [0.1, 0.15) is 6.04 Å². The molecule has 0 saturated carbocycles. The van der Waals surface area contributed by atoms with Crippen LogP contribution < -0.4 is 11.1 Å². The summed E-state index contributed by atoms with van der Waals surface area (Å²) >= 11 is 1.24. The van der Waals surface area contributed by atoms with Crippen molar-refractivity contribution < 1.29 is 14.7 Å². The summed E-state index contributed by atoms with van der Waals surface area (Å²) in [6, 6.07) is -0.890. The molecule has 0 heterocycles. The van der Waals surface area contributed by atoms with Crippen LogP contribution in [0.25, 0.3) is 0 Å². The monoisotopic (exact) mass is 234 g/mol. The van der Waals surface area contributed by atoms with Gasteiger partial charge in [-0.2, -0.15) is 0 Å². The fourth-order valence-corrected chi connectivity index (χ4v) is 1.61. The molecule has 5 nitrogen and oxygen atoms in total. The van der Waals surface area contributed by atoms with Crippen LogP contribution in [0.2, 0.25) is 0 Å². The number of nitrogens with one attached hydrogen (secondary N) is 1. The van der Waals surface area contributed by atoms with E-state index in [1.54, 1.807) is 0 Å². The van der Waals surface area contributed by atoms with Crippen LogP contribution >= 0.6 is 11.8 Å². The zero-order valence-corrected chi connectivity index (χ0v) is 9.68. The first-order valence-corrected chi connectivity index (χ1v) is 6.06. The smallest absolute Gasteiger partial charge is 0.321 e. The number of carbonyl (C=O) groups is 2. The van der Waals surface area contributed by atoms with Gasteiger partial charge in [0.05, 0.1) is 5.75 Å². The minimum Gasteiger partial charge on any atom is -0.480 e. The van der Waals surface area contributed by atoms with Crippen molar-refractivity contribution >= 4 is 23.6 Å². The number of nitrogens with two attached hydrogens (primary N) is 1. The van der Waals surface area contributed by atoms with E-state index in [2.05, 4.69) is 5.32 Å². The summed E-state index contributed by atoms with van der Waals surface area (Å²) in [4.78, 5) is 21.5. The lowest BCUT2D eigenvalue weighted by Crippen LogP contribution is -2.33. The molecule has 0 bridgehead atoms. The number of rotatable bonds is 8. The molecule has 0 fully saturated rings. The molecule has 0 aliphatic carbocycles. The SMILES string of the molecule is CCCCNC(=O)CSCC(N)C(=O)O. The molecule has 0 aromatic carbocycles. The van der Waals surface area contributed by atoms with Crippen LogP contribution in [0.1, 0.15) is 19.8 Å². The van der Waals surface area contributed by atoms with Crippen molar-refractivity contribution in [2.45, 2.75) is 25.8 Å². The maximum Gasteiger partial charge on any atom is 0.321 e. The van der Waals surface area contributed by atoms with Crippen LogP contribution in [0, 0.1) is 0 Å². The molecule has 1 atom stereocenters. The third-order valence-electron chi connectivity index (χ3n) is 1.70. The number of carboxylic acid groups (broad SMARTS) is 1. The number of hydrogen-bond donors (Lipinski definition) is 3. The van der Waals surface area contributed by atoms with Crippen LogP contribution in [0.4, 0.5) is 0 Å². The summed E-state index contributed by atoms with van der Waals surface area (Å²) in [6.45, 7) is 2.73. The van der Waals surface area contributed by atoms with Gasteiger partial charge < -0.3 is 16.2 Å². The summed E-state index contributed by atoms with van der Waals surface area (Å²) in [5.74, 6) is -0.568. The molecule has 0 rings (SSSR count). The molecule has 0 saturated heterocycles. The Morgan fingerprint density at radius 2 is 2.20 bits per heavy atom. The Morgan fingerprint density at radius 1 is 1.53 bits per heavy atom. The largest absolute Gasteiger partial charge is 0.480 e. The van der Waals surface area contributed by atoms with Crippen molar-refractivity contribution in [1.29, 1.82) is 0 Å². The highest BCUT2D eigenvalue weighted by Crippen LogP contribution is 2.01. The second-order valence-corrected chi connectivity index (χ2v) is 4.19. The number of amides is 1. The molecule has 0 aromatic heterocycles. The normalized spacial score (nSPS) is 12.1. The van der Waals surface area contributed by atoms with Crippen molar-refractivity contribution in [2.75, 3.05) is 18.1 Å². The standard InChI is InChI=1S/C9H18N2O3S/c1-2-3-4-11-8(12)6-15-5-7(10)9(13)14/h7H,2-6,10H2,1H3,(H,11,12)(H,13,14). The molecule has 1 unspecified atom stereocenters. The Hall–Kier alpha value is -0.750. The zero-order chi connectivity index (χ0) is 11.7. The Labute approximate surface area is 93.8 Å². The Kier molecular flexibility index (Phi) is 8.12. The van der Waals surface area contributed by atoms with E-state index in [9.17, 15) is 9.59 Å². The van der Waals surface area contributed by atoms with Gasteiger partial charge in [-0.15, -0.1) is 11.8 Å². The first-order valence-electron chi connectivity index (χ1n) is 4.90. The molecule has 4 N–H and O–H groups in total. The lowest BCUT2D eigenvalue weighted by atomic mass is 10.3. The average Bonchev–Trinajstić information content (AvgIpc) is 2.18. The minimum absolute atomic E-state index is 0.0639. The minimum atomic E-state index is -1.03. The number of aliphatic carboxylic acids is 1.